The molecule has 0 bridgehead atoms. The van der Waals surface area contributed by atoms with E-state index in [1.165, 1.54) is 0 Å². The van der Waals surface area contributed by atoms with E-state index < -0.39 is 0 Å². The lowest BCUT2D eigenvalue weighted by Gasteiger charge is -2.10. The van der Waals surface area contributed by atoms with Gasteiger partial charge in [0, 0.05) is 3.57 Å². The molecule has 0 amide bonds. The van der Waals surface area contributed by atoms with E-state index >= 15 is 0 Å². The zero-order valence-electron chi connectivity index (χ0n) is 9.67. The maximum absolute atomic E-state index is 9.12. The molecule has 0 saturated heterocycles. The molecule has 0 radical (unpaired) electrons. The summed E-state index contributed by atoms with van der Waals surface area (Å²) in [5.41, 5.74) is 3.26. The molecule has 2 nitrogen and oxygen atoms in total. The van der Waals surface area contributed by atoms with E-state index in [2.05, 4.69) is 34.0 Å². The molecule has 0 unspecified atom stereocenters. The van der Waals surface area contributed by atoms with Crippen LogP contribution >= 0.6 is 34.2 Å². The molecule has 18 heavy (non-hydrogen) atoms. The topological polar surface area (TPSA) is 35.8 Å². The highest BCUT2D eigenvalue weighted by atomic mass is 127. The Bertz CT molecular complexity index is 632. The van der Waals surface area contributed by atoms with Gasteiger partial charge in [-0.1, -0.05) is 17.7 Å². The lowest BCUT2D eigenvalue weighted by atomic mass is 10.1. The first-order valence-corrected chi connectivity index (χ1v) is 6.78. The summed E-state index contributed by atoms with van der Waals surface area (Å²) in [6.07, 6.45) is 0. The fourth-order valence-electron chi connectivity index (χ4n) is 1.60. The summed E-state index contributed by atoms with van der Waals surface area (Å²) in [6, 6.07) is 13.6. The highest BCUT2D eigenvalue weighted by molar-refractivity contribution is 14.1. The normalized spacial score (nSPS) is 9.89. The Morgan fingerprint density at radius 3 is 2.67 bits per heavy atom. The second-order valence-electron chi connectivity index (χ2n) is 3.91. The highest BCUT2D eigenvalue weighted by Gasteiger charge is 2.06. The van der Waals surface area contributed by atoms with Gasteiger partial charge in [0.05, 0.1) is 22.0 Å². The Kier molecular flexibility index (Phi) is 4.10. The molecule has 0 aliphatic carbocycles. The minimum absolute atomic E-state index is 0.616. The van der Waals surface area contributed by atoms with Gasteiger partial charge >= 0.3 is 0 Å². The summed E-state index contributed by atoms with van der Waals surface area (Å²) >= 11 is 8.35. The predicted octanol–water partition coefficient (Wildman–Crippen LogP) is 4.87. The number of hydrogen-bond acceptors (Lipinski definition) is 2. The smallest absolute Gasteiger partial charge is 0.101 e. The number of rotatable bonds is 2. The minimum Gasteiger partial charge on any atom is -0.353 e. The van der Waals surface area contributed by atoms with Crippen LogP contribution in [0.25, 0.3) is 0 Å². The first-order chi connectivity index (χ1) is 8.60. The maximum atomic E-state index is 9.12. The summed E-state index contributed by atoms with van der Waals surface area (Å²) in [6.45, 7) is 1.96. The van der Waals surface area contributed by atoms with Gasteiger partial charge in [-0.15, -0.1) is 0 Å². The first-order valence-electron chi connectivity index (χ1n) is 5.33. The van der Waals surface area contributed by atoms with Crippen LogP contribution in [0.4, 0.5) is 11.4 Å². The molecule has 4 heteroatoms. The zero-order chi connectivity index (χ0) is 13.1. The summed E-state index contributed by atoms with van der Waals surface area (Å²) in [5, 5.41) is 13.0. The first kappa shape index (κ1) is 13.2. The van der Waals surface area contributed by atoms with E-state index in [1.54, 1.807) is 0 Å². The number of nitrogens with zero attached hydrogens (tertiary/aromatic N) is 1. The number of anilines is 2. The predicted molar refractivity (Wildman–Crippen MR) is 83.3 cm³/mol. The van der Waals surface area contributed by atoms with Gasteiger partial charge in [0.1, 0.15) is 6.07 Å². The van der Waals surface area contributed by atoms with Gasteiger partial charge in [0.15, 0.2) is 0 Å². The van der Waals surface area contributed by atoms with E-state index in [9.17, 15) is 0 Å². The monoisotopic (exact) mass is 368 g/mol. The average Bonchev–Trinajstić information content (AvgIpc) is 2.36. The Morgan fingerprint density at radius 2 is 1.94 bits per heavy atom. The highest BCUT2D eigenvalue weighted by Crippen LogP contribution is 2.28. The molecule has 1 N–H and O–H groups in total. The molecule has 2 aromatic carbocycles. The van der Waals surface area contributed by atoms with Crippen molar-refractivity contribution in [2.24, 2.45) is 0 Å². The lowest BCUT2D eigenvalue weighted by molar-refractivity contribution is 1.40. The molecule has 2 rings (SSSR count). The molecule has 0 heterocycles. The second-order valence-corrected chi connectivity index (χ2v) is 5.56. The number of halogens is 2. The van der Waals surface area contributed by atoms with Crippen molar-refractivity contribution in [1.29, 1.82) is 5.26 Å². The van der Waals surface area contributed by atoms with Gasteiger partial charge < -0.3 is 5.32 Å². The Labute approximate surface area is 125 Å². The van der Waals surface area contributed by atoms with Crippen LogP contribution in [0, 0.1) is 21.8 Å². The number of nitrogens with one attached hydrogen (secondary N) is 1. The van der Waals surface area contributed by atoms with E-state index in [4.69, 9.17) is 16.9 Å². The van der Waals surface area contributed by atoms with Crippen molar-refractivity contribution in [3.05, 3.63) is 56.1 Å². The minimum atomic E-state index is 0.616. The third-order valence-corrected chi connectivity index (χ3v) is 3.49. The third kappa shape index (κ3) is 2.95. The summed E-state index contributed by atoms with van der Waals surface area (Å²) in [7, 11) is 0. The fraction of sp³-hybridized carbons (Fsp3) is 0.0714. The van der Waals surface area contributed by atoms with Gasteiger partial charge in [-0.25, -0.2) is 0 Å². The second kappa shape index (κ2) is 5.59. The number of aryl methyl sites for hydroxylation is 1. The zero-order valence-corrected chi connectivity index (χ0v) is 12.6. The summed E-state index contributed by atoms with van der Waals surface area (Å²) < 4.78 is 1.09. The van der Waals surface area contributed by atoms with Crippen molar-refractivity contribution in [3.63, 3.8) is 0 Å². The van der Waals surface area contributed by atoms with Gasteiger partial charge in [0.25, 0.3) is 0 Å². The Morgan fingerprint density at radius 1 is 1.17 bits per heavy atom. The molecule has 0 aliphatic heterocycles. The molecular formula is C14H10ClIN2. The van der Waals surface area contributed by atoms with Crippen LogP contribution in [-0.2, 0) is 0 Å². The lowest BCUT2D eigenvalue weighted by Crippen LogP contribution is -1.95. The van der Waals surface area contributed by atoms with Crippen molar-refractivity contribution in [3.8, 4) is 6.07 Å². The quantitative estimate of drug-likeness (QED) is 0.768. The van der Waals surface area contributed by atoms with E-state index in [0.717, 1.165) is 20.5 Å². The SMILES string of the molecule is Cc1ccc(Nc2cc(I)ccc2Cl)c(C#N)c1. The van der Waals surface area contributed by atoms with Crippen LogP contribution in [0.15, 0.2) is 36.4 Å². The molecule has 0 saturated carbocycles. The van der Waals surface area contributed by atoms with Crippen LogP contribution in [0.2, 0.25) is 5.02 Å². The van der Waals surface area contributed by atoms with Crippen LogP contribution in [-0.4, -0.2) is 0 Å². The standard InChI is InChI=1S/C14H10ClIN2/c1-9-2-5-13(10(6-9)8-17)18-14-7-11(16)3-4-12(14)15/h2-7,18H,1H3. The van der Waals surface area contributed by atoms with Crippen molar-refractivity contribution < 1.29 is 0 Å². The Balaban J connectivity index is 2.40. The van der Waals surface area contributed by atoms with E-state index in [1.807, 2.05) is 43.3 Å². The average molecular weight is 369 g/mol. The van der Waals surface area contributed by atoms with Gasteiger partial charge in [0.2, 0.25) is 0 Å². The van der Waals surface area contributed by atoms with Crippen molar-refractivity contribution in [1.82, 2.24) is 0 Å². The van der Waals surface area contributed by atoms with Crippen molar-refractivity contribution in [2.45, 2.75) is 6.92 Å². The molecule has 90 valence electrons. The number of hydrogen-bond donors (Lipinski definition) is 1. The van der Waals surface area contributed by atoms with Crippen LogP contribution in [0.5, 0.6) is 0 Å². The van der Waals surface area contributed by atoms with Gasteiger partial charge in [-0.2, -0.15) is 5.26 Å². The molecule has 0 aliphatic rings. The summed E-state index contributed by atoms with van der Waals surface area (Å²) in [4.78, 5) is 0. The van der Waals surface area contributed by atoms with E-state index in [0.29, 0.717) is 10.6 Å². The number of nitriles is 1. The van der Waals surface area contributed by atoms with Crippen LogP contribution < -0.4 is 5.32 Å². The van der Waals surface area contributed by atoms with E-state index in [-0.39, 0.29) is 0 Å². The van der Waals surface area contributed by atoms with Crippen molar-refractivity contribution in [2.75, 3.05) is 5.32 Å². The molecule has 0 spiro atoms. The Hall–Kier alpha value is -1.25. The molecule has 0 atom stereocenters. The van der Waals surface area contributed by atoms with Gasteiger partial charge in [-0.3, -0.25) is 0 Å². The van der Waals surface area contributed by atoms with Crippen LogP contribution in [0.1, 0.15) is 11.1 Å². The molecule has 0 aromatic heterocycles. The number of benzene rings is 2. The molecule has 2 aromatic rings. The molecule has 0 fully saturated rings. The van der Waals surface area contributed by atoms with Crippen molar-refractivity contribution >= 4 is 45.6 Å². The van der Waals surface area contributed by atoms with Gasteiger partial charge in [-0.05, 0) is 65.4 Å². The third-order valence-electron chi connectivity index (χ3n) is 2.49. The largest absolute Gasteiger partial charge is 0.353 e. The van der Waals surface area contributed by atoms with Crippen LogP contribution in [0.3, 0.4) is 0 Å². The molecular weight excluding hydrogens is 359 g/mol. The fourth-order valence-corrected chi connectivity index (χ4v) is 2.25. The summed E-state index contributed by atoms with van der Waals surface area (Å²) in [5.74, 6) is 0. The maximum Gasteiger partial charge on any atom is 0.101 e.